The van der Waals surface area contributed by atoms with Crippen molar-refractivity contribution in [3.63, 3.8) is 0 Å². The molecule has 1 aromatic heterocycles. The van der Waals surface area contributed by atoms with Crippen LogP contribution in [0, 0.1) is 6.92 Å². The van der Waals surface area contributed by atoms with Crippen LogP contribution in [0.25, 0.3) is 0 Å². The lowest BCUT2D eigenvalue weighted by Crippen LogP contribution is -2.54. The molecule has 3 rings (SSSR count). The van der Waals surface area contributed by atoms with Crippen molar-refractivity contribution >= 4 is 11.6 Å². The summed E-state index contributed by atoms with van der Waals surface area (Å²) in [5, 5.41) is 6.75. The van der Waals surface area contributed by atoms with Gasteiger partial charge in [-0.15, -0.1) is 0 Å². The summed E-state index contributed by atoms with van der Waals surface area (Å²) >= 11 is 0. The van der Waals surface area contributed by atoms with Crippen LogP contribution in [0.5, 0.6) is 0 Å². The van der Waals surface area contributed by atoms with Gasteiger partial charge in [-0.3, -0.25) is 9.89 Å². The van der Waals surface area contributed by atoms with Crippen LogP contribution in [0.3, 0.4) is 0 Å². The first kappa shape index (κ1) is 16.6. The molecule has 24 heavy (non-hydrogen) atoms. The summed E-state index contributed by atoms with van der Waals surface area (Å²) in [6, 6.07) is 8.72. The molecule has 1 aromatic carbocycles. The minimum atomic E-state index is 0.250. The number of hydrogen-bond donors (Lipinski definition) is 1. The lowest BCUT2D eigenvalue weighted by atomic mass is 10.1. The minimum Gasteiger partial charge on any atom is -0.367 e. The molecule has 0 unspecified atom stereocenters. The Bertz CT molecular complexity index is 668. The van der Waals surface area contributed by atoms with E-state index in [4.69, 9.17) is 0 Å². The molecule has 0 aliphatic carbocycles. The van der Waals surface area contributed by atoms with Gasteiger partial charge in [0.05, 0.1) is 6.20 Å². The Morgan fingerprint density at radius 1 is 1.33 bits per heavy atom. The van der Waals surface area contributed by atoms with E-state index in [9.17, 15) is 4.79 Å². The first-order valence-electron chi connectivity index (χ1n) is 8.73. The van der Waals surface area contributed by atoms with Crippen molar-refractivity contribution in [1.82, 2.24) is 15.1 Å². The third-order valence-corrected chi connectivity index (χ3v) is 4.81. The van der Waals surface area contributed by atoms with Gasteiger partial charge in [0.25, 0.3) is 0 Å². The van der Waals surface area contributed by atoms with Crippen LogP contribution in [0.1, 0.15) is 30.9 Å². The van der Waals surface area contributed by atoms with Crippen molar-refractivity contribution in [2.75, 3.05) is 24.5 Å². The van der Waals surface area contributed by atoms with Gasteiger partial charge in [0.15, 0.2) is 0 Å². The SMILES string of the molecule is Cc1ccccc1N1CCN(C(=O)CCCc2cn[nH]c2)[C@H](C)C1. The van der Waals surface area contributed by atoms with Gasteiger partial charge in [0, 0.05) is 44.0 Å². The maximum atomic E-state index is 12.5. The Hall–Kier alpha value is -2.30. The number of carbonyl (C=O) groups excluding carboxylic acids is 1. The fraction of sp³-hybridized carbons (Fsp3) is 0.474. The highest BCUT2D eigenvalue weighted by Crippen LogP contribution is 2.23. The predicted molar refractivity (Wildman–Crippen MR) is 96.1 cm³/mol. The van der Waals surface area contributed by atoms with Gasteiger partial charge in [-0.25, -0.2) is 0 Å². The first-order chi connectivity index (χ1) is 11.6. The molecule has 128 valence electrons. The summed E-state index contributed by atoms with van der Waals surface area (Å²) in [4.78, 5) is 17.0. The molecule has 2 heterocycles. The number of amides is 1. The Morgan fingerprint density at radius 2 is 2.17 bits per heavy atom. The average Bonchev–Trinajstić information content (AvgIpc) is 3.08. The van der Waals surface area contributed by atoms with Crippen molar-refractivity contribution in [2.45, 2.75) is 39.2 Å². The van der Waals surface area contributed by atoms with Crippen LogP contribution in [-0.4, -0.2) is 46.7 Å². The first-order valence-corrected chi connectivity index (χ1v) is 8.73. The third-order valence-electron chi connectivity index (χ3n) is 4.81. The molecule has 1 N–H and O–H groups in total. The van der Waals surface area contributed by atoms with E-state index < -0.39 is 0 Å². The molecule has 1 fully saturated rings. The van der Waals surface area contributed by atoms with Gasteiger partial charge in [-0.05, 0) is 43.9 Å². The fourth-order valence-corrected chi connectivity index (χ4v) is 3.47. The number of nitrogens with one attached hydrogen (secondary N) is 1. The second kappa shape index (κ2) is 7.51. The lowest BCUT2D eigenvalue weighted by Gasteiger charge is -2.41. The van der Waals surface area contributed by atoms with Crippen LogP contribution in [0.15, 0.2) is 36.7 Å². The van der Waals surface area contributed by atoms with Crippen LogP contribution >= 0.6 is 0 Å². The summed E-state index contributed by atoms with van der Waals surface area (Å²) in [5.74, 6) is 0.274. The van der Waals surface area contributed by atoms with E-state index in [1.807, 2.05) is 17.3 Å². The third kappa shape index (κ3) is 3.78. The quantitative estimate of drug-likeness (QED) is 0.919. The highest BCUT2D eigenvalue weighted by Gasteiger charge is 2.27. The number of piperazine rings is 1. The van der Waals surface area contributed by atoms with Gasteiger partial charge in [0.2, 0.25) is 5.91 Å². The standard InChI is InChI=1S/C19H26N4O/c1-15-6-3-4-8-18(15)22-10-11-23(16(2)14-22)19(24)9-5-7-17-12-20-21-13-17/h3-4,6,8,12-13,16H,5,7,9-11,14H2,1-2H3,(H,20,21)/t16-/m1/s1. The molecule has 5 nitrogen and oxygen atoms in total. The number of hydrogen-bond acceptors (Lipinski definition) is 3. The van der Waals surface area contributed by atoms with E-state index in [1.54, 1.807) is 0 Å². The largest absolute Gasteiger partial charge is 0.367 e. The molecule has 1 aliphatic rings. The summed E-state index contributed by atoms with van der Waals surface area (Å²) in [6.07, 6.45) is 6.12. The summed E-state index contributed by atoms with van der Waals surface area (Å²) in [5.41, 5.74) is 3.75. The molecule has 0 spiro atoms. The number of benzene rings is 1. The molecule has 5 heteroatoms. The summed E-state index contributed by atoms with van der Waals surface area (Å²) in [6.45, 7) is 6.91. The Balaban J connectivity index is 1.51. The zero-order valence-electron chi connectivity index (χ0n) is 14.5. The van der Waals surface area contributed by atoms with Crippen molar-refractivity contribution in [3.8, 4) is 0 Å². The smallest absolute Gasteiger partial charge is 0.222 e. The molecule has 0 saturated carbocycles. The number of H-pyrrole nitrogens is 1. The van der Waals surface area contributed by atoms with Crippen LogP contribution in [-0.2, 0) is 11.2 Å². The Morgan fingerprint density at radius 3 is 2.88 bits per heavy atom. The summed E-state index contributed by atoms with van der Waals surface area (Å²) in [7, 11) is 0. The Kier molecular flexibility index (Phi) is 5.18. The zero-order valence-corrected chi connectivity index (χ0v) is 14.5. The molecule has 1 amide bonds. The number of aromatic amines is 1. The maximum absolute atomic E-state index is 12.5. The molecule has 1 atom stereocenters. The van der Waals surface area contributed by atoms with Crippen LogP contribution < -0.4 is 4.90 Å². The van der Waals surface area contributed by atoms with E-state index in [0.29, 0.717) is 6.42 Å². The van der Waals surface area contributed by atoms with Gasteiger partial charge >= 0.3 is 0 Å². The van der Waals surface area contributed by atoms with Crippen molar-refractivity contribution < 1.29 is 4.79 Å². The predicted octanol–water partition coefficient (Wildman–Crippen LogP) is 2.78. The summed E-state index contributed by atoms with van der Waals surface area (Å²) < 4.78 is 0. The highest BCUT2D eigenvalue weighted by molar-refractivity contribution is 5.77. The second-order valence-corrected chi connectivity index (χ2v) is 6.63. The molecular formula is C19H26N4O. The van der Waals surface area contributed by atoms with E-state index in [1.165, 1.54) is 16.8 Å². The van der Waals surface area contributed by atoms with Crippen LogP contribution in [0.2, 0.25) is 0 Å². The average molecular weight is 326 g/mol. The molecule has 2 aromatic rings. The molecule has 0 bridgehead atoms. The topological polar surface area (TPSA) is 52.2 Å². The van der Waals surface area contributed by atoms with Gasteiger partial charge in [-0.1, -0.05) is 18.2 Å². The number of para-hydroxylation sites is 1. The molecule has 1 saturated heterocycles. The highest BCUT2D eigenvalue weighted by atomic mass is 16.2. The van der Waals surface area contributed by atoms with E-state index in [0.717, 1.165) is 32.5 Å². The Labute approximate surface area is 143 Å². The van der Waals surface area contributed by atoms with Crippen molar-refractivity contribution in [3.05, 3.63) is 47.8 Å². The number of aryl methyl sites for hydroxylation is 2. The number of aromatic nitrogens is 2. The number of carbonyl (C=O) groups is 1. The van der Waals surface area contributed by atoms with Crippen molar-refractivity contribution in [2.24, 2.45) is 0 Å². The number of nitrogens with zero attached hydrogens (tertiary/aromatic N) is 3. The monoisotopic (exact) mass is 326 g/mol. The van der Waals surface area contributed by atoms with Gasteiger partial charge in [0.1, 0.15) is 0 Å². The van der Waals surface area contributed by atoms with E-state index in [2.05, 4.69) is 53.2 Å². The zero-order chi connectivity index (χ0) is 16.9. The fourth-order valence-electron chi connectivity index (χ4n) is 3.47. The van der Waals surface area contributed by atoms with Gasteiger partial charge in [-0.2, -0.15) is 5.10 Å². The second-order valence-electron chi connectivity index (χ2n) is 6.63. The number of rotatable bonds is 5. The van der Waals surface area contributed by atoms with E-state index in [-0.39, 0.29) is 11.9 Å². The van der Waals surface area contributed by atoms with Crippen LogP contribution in [0.4, 0.5) is 5.69 Å². The van der Waals surface area contributed by atoms with Crippen molar-refractivity contribution in [1.29, 1.82) is 0 Å². The molecule has 1 aliphatic heterocycles. The normalized spacial score (nSPS) is 18.0. The minimum absolute atomic E-state index is 0.250. The molecular weight excluding hydrogens is 300 g/mol. The number of anilines is 1. The van der Waals surface area contributed by atoms with Gasteiger partial charge < -0.3 is 9.80 Å². The lowest BCUT2D eigenvalue weighted by molar-refractivity contribution is -0.133. The maximum Gasteiger partial charge on any atom is 0.222 e. The van der Waals surface area contributed by atoms with E-state index >= 15 is 0 Å². The molecule has 0 radical (unpaired) electrons.